The molecule has 1 aromatic rings. The predicted octanol–water partition coefficient (Wildman–Crippen LogP) is 1.38. The Labute approximate surface area is 74.4 Å². The summed E-state index contributed by atoms with van der Waals surface area (Å²) in [6.07, 6.45) is 1.06. The van der Waals surface area contributed by atoms with Crippen molar-refractivity contribution in [3.63, 3.8) is 0 Å². The Kier molecular flexibility index (Phi) is 2.54. The lowest BCUT2D eigenvalue weighted by Gasteiger charge is -1.95. The molecule has 0 atom stereocenters. The van der Waals surface area contributed by atoms with E-state index in [1.165, 1.54) is 12.1 Å². The molecule has 0 aliphatic carbocycles. The molecule has 0 fully saturated rings. The monoisotopic (exact) mass is 180 g/mol. The van der Waals surface area contributed by atoms with Gasteiger partial charge in [-0.2, -0.15) is 0 Å². The summed E-state index contributed by atoms with van der Waals surface area (Å²) in [5.41, 5.74) is 0.430. The van der Waals surface area contributed by atoms with Crippen LogP contribution < -0.4 is 0 Å². The zero-order valence-electron chi connectivity index (χ0n) is 6.64. The zero-order valence-corrected chi connectivity index (χ0v) is 6.64. The maximum Gasteiger partial charge on any atom is 0.370 e. The van der Waals surface area contributed by atoms with Crippen LogP contribution in [-0.2, 0) is 4.79 Å². The fraction of sp³-hybridized carbons (Fsp3) is 0. The van der Waals surface area contributed by atoms with Crippen molar-refractivity contribution < 1.29 is 20.1 Å². The van der Waals surface area contributed by atoms with Crippen LogP contribution in [0.1, 0.15) is 5.56 Å². The third-order valence-corrected chi connectivity index (χ3v) is 1.39. The van der Waals surface area contributed by atoms with E-state index in [0.29, 0.717) is 5.56 Å². The molecule has 1 rings (SSSR count). The van der Waals surface area contributed by atoms with Crippen LogP contribution >= 0.6 is 0 Å². The predicted molar refractivity (Wildman–Crippen MR) is 46.3 cm³/mol. The van der Waals surface area contributed by atoms with Crippen LogP contribution in [0.4, 0.5) is 0 Å². The Morgan fingerprint density at radius 3 is 2.54 bits per heavy atom. The molecule has 1 aromatic carbocycles. The van der Waals surface area contributed by atoms with Gasteiger partial charge in [0, 0.05) is 0 Å². The number of aromatic hydroxyl groups is 1. The summed E-state index contributed by atoms with van der Waals surface area (Å²) < 4.78 is 0. The molecule has 0 aromatic heterocycles. The number of carboxylic acid groups (broad SMARTS) is 1. The standard InChI is InChI=1S/C9H8O4/c10-7-3-1-2-6(4-7)5-8(11)9(12)13/h1-5,10-11H,(H,12,13)/b8-5+. The highest BCUT2D eigenvalue weighted by Gasteiger charge is 2.03. The molecule has 0 saturated heterocycles. The van der Waals surface area contributed by atoms with E-state index in [1.807, 2.05) is 0 Å². The molecule has 0 aliphatic rings. The van der Waals surface area contributed by atoms with Crippen LogP contribution in [0.2, 0.25) is 0 Å². The molecular formula is C9H8O4. The molecule has 0 bridgehead atoms. The number of carbonyl (C=O) groups is 1. The van der Waals surface area contributed by atoms with Gasteiger partial charge < -0.3 is 15.3 Å². The third-order valence-electron chi connectivity index (χ3n) is 1.39. The number of carboxylic acids is 1. The van der Waals surface area contributed by atoms with Crippen LogP contribution in [-0.4, -0.2) is 21.3 Å². The average Bonchev–Trinajstić information content (AvgIpc) is 2.04. The van der Waals surface area contributed by atoms with Crippen molar-refractivity contribution in [3.8, 4) is 5.75 Å². The Bertz CT molecular complexity index is 354. The second kappa shape index (κ2) is 3.62. The van der Waals surface area contributed by atoms with E-state index in [4.69, 9.17) is 15.3 Å². The minimum Gasteiger partial charge on any atom is -0.508 e. The van der Waals surface area contributed by atoms with Crippen LogP contribution in [0.15, 0.2) is 30.0 Å². The Hall–Kier alpha value is -1.97. The molecule has 0 spiro atoms. The first-order valence-corrected chi connectivity index (χ1v) is 3.52. The van der Waals surface area contributed by atoms with Gasteiger partial charge in [-0.1, -0.05) is 12.1 Å². The third kappa shape index (κ3) is 2.52. The first-order chi connectivity index (χ1) is 6.09. The first kappa shape index (κ1) is 9.12. The van der Waals surface area contributed by atoms with Crippen molar-refractivity contribution in [2.75, 3.05) is 0 Å². The lowest BCUT2D eigenvalue weighted by Crippen LogP contribution is -1.98. The van der Waals surface area contributed by atoms with Gasteiger partial charge in [0.25, 0.3) is 0 Å². The Morgan fingerprint density at radius 2 is 2.00 bits per heavy atom. The van der Waals surface area contributed by atoms with Crippen molar-refractivity contribution in [2.45, 2.75) is 0 Å². The number of aliphatic hydroxyl groups excluding tert-OH is 1. The summed E-state index contributed by atoms with van der Waals surface area (Å²) in [5, 5.41) is 26.2. The van der Waals surface area contributed by atoms with Gasteiger partial charge in [0.05, 0.1) is 0 Å². The molecule has 4 nitrogen and oxygen atoms in total. The van der Waals surface area contributed by atoms with Gasteiger partial charge in [-0.15, -0.1) is 0 Å². The smallest absolute Gasteiger partial charge is 0.370 e. The van der Waals surface area contributed by atoms with Crippen molar-refractivity contribution in [3.05, 3.63) is 35.6 Å². The summed E-state index contributed by atoms with van der Waals surface area (Å²) >= 11 is 0. The maximum absolute atomic E-state index is 10.2. The number of hydrogen-bond donors (Lipinski definition) is 3. The second-order valence-electron chi connectivity index (χ2n) is 2.43. The number of hydrogen-bond acceptors (Lipinski definition) is 3. The van der Waals surface area contributed by atoms with Crippen LogP contribution in [0.25, 0.3) is 6.08 Å². The minimum absolute atomic E-state index is 0.0203. The largest absolute Gasteiger partial charge is 0.508 e. The second-order valence-corrected chi connectivity index (χ2v) is 2.43. The van der Waals surface area contributed by atoms with Gasteiger partial charge in [0.15, 0.2) is 0 Å². The number of phenolic OH excluding ortho intramolecular Hbond substituents is 1. The van der Waals surface area contributed by atoms with Crippen molar-refractivity contribution in [2.24, 2.45) is 0 Å². The van der Waals surface area contributed by atoms with E-state index in [0.717, 1.165) is 6.08 Å². The minimum atomic E-state index is -1.40. The average molecular weight is 180 g/mol. The number of aliphatic carboxylic acids is 1. The lowest BCUT2D eigenvalue weighted by atomic mass is 10.2. The first-order valence-electron chi connectivity index (χ1n) is 3.52. The highest BCUT2D eigenvalue weighted by Crippen LogP contribution is 2.13. The summed E-state index contributed by atoms with van der Waals surface area (Å²) in [6.45, 7) is 0. The molecule has 4 heteroatoms. The number of benzene rings is 1. The highest BCUT2D eigenvalue weighted by molar-refractivity contribution is 5.89. The van der Waals surface area contributed by atoms with E-state index < -0.39 is 11.7 Å². The molecule has 0 unspecified atom stereocenters. The fourth-order valence-electron chi connectivity index (χ4n) is 0.834. The van der Waals surface area contributed by atoms with Crippen LogP contribution in [0.5, 0.6) is 5.75 Å². The summed E-state index contributed by atoms with van der Waals surface area (Å²) in [5.74, 6) is -2.14. The Morgan fingerprint density at radius 1 is 1.31 bits per heavy atom. The van der Waals surface area contributed by atoms with Crippen LogP contribution in [0.3, 0.4) is 0 Å². The summed E-state index contributed by atoms with van der Waals surface area (Å²) in [7, 11) is 0. The molecule has 0 heterocycles. The van der Waals surface area contributed by atoms with Crippen LogP contribution in [0, 0.1) is 0 Å². The summed E-state index contributed by atoms with van der Waals surface area (Å²) in [6, 6.07) is 5.92. The van der Waals surface area contributed by atoms with E-state index in [2.05, 4.69) is 0 Å². The maximum atomic E-state index is 10.2. The lowest BCUT2D eigenvalue weighted by molar-refractivity contribution is -0.135. The van der Waals surface area contributed by atoms with Gasteiger partial charge in [0.2, 0.25) is 5.76 Å². The van der Waals surface area contributed by atoms with Gasteiger partial charge in [0.1, 0.15) is 5.75 Å². The molecule has 0 radical (unpaired) electrons. The number of rotatable bonds is 2. The fourth-order valence-corrected chi connectivity index (χ4v) is 0.834. The van der Waals surface area contributed by atoms with Gasteiger partial charge in [-0.3, -0.25) is 0 Å². The molecule has 0 aliphatic heterocycles. The van der Waals surface area contributed by atoms with Gasteiger partial charge in [-0.25, -0.2) is 4.79 Å². The zero-order chi connectivity index (χ0) is 9.84. The molecule has 13 heavy (non-hydrogen) atoms. The molecule has 68 valence electrons. The van der Waals surface area contributed by atoms with Gasteiger partial charge in [-0.05, 0) is 23.8 Å². The Balaban J connectivity index is 2.97. The topological polar surface area (TPSA) is 77.8 Å². The molecule has 3 N–H and O–H groups in total. The van der Waals surface area contributed by atoms with Crippen molar-refractivity contribution in [1.82, 2.24) is 0 Å². The van der Waals surface area contributed by atoms with E-state index >= 15 is 0 Å². The van der Waals surface area contributed by atoms with Crippen molar-refractivity contribution >= 4 is 12.0 Å². The number of aliphatic hydroxyl groups is 1. The molecular weight excluding hydrogens is 172 g/mol. The normalized spacial score (nSPS) is 11.2. The van der Waals surface area contributed by atoms with E-state index in [-0.39, 0.29) is 5.75 Å². The molecule has 0 amide bonds. The molecule has 0 saturated carbocycles. The highest BCUT2D eigenvalue weighted by atomic mass is 16.4. The number of phenols is 1. The van der Waals surface area contributed by atoms with Crippen molar-refractivity contribution in [1.29, 1.82) is 0 Å². The summed E-state index contributed by atoms with van der Waals surface area (Å²) in [4.78, 5) is 10.2. The van der Waals surface area contributed by atoms with Gasteiger partial charge >= 0.3 is 5.97 Å². The van der Waals surface area contributed by atoms with E-state index in [9.17, 15) is 4.79 Å². The quantitative estimate of drug-likeness (QED) is 0.474. The SMILES string of the molecule is O=C(O)/C(O)=C\c1cccc(O)c1. The van der Waals surface area contributed by atoms with E-state index in [1.54, 1.807) is 12.1 Å².